The van der Waals surface area contributed by atoms with E-state index < -0.39 is 0 Å². The zero-order chi connectivity index (χ0) is 12.3. The van der Waals surface area contributed by atoms with Crippen LogP contribution < -0.4 is 0 Å². The normalized spacial score (nSPS) is 10.6. The third kappa shape index (κ3) is 3.34. The standard InChI is InChI=1S/C14H17NO2.ClH/c1-10(2)8-17-9-11-5-6-13(16)14-12(11)4-3-7-15-14;/h3-7,10,16H,8-9H2,1-2H3;1H. The predicted octanol–water partition coefficient (Wildman–Crippen LogP) is 3.53. The average molecular weight is 268 g/mol. The highest BCUT2D eigenvalue weighted by molar-refractivity contribution is 5.87. The molecule has 1 heterocycles. The van der Waals surface area contributed by atoms with Crippen LogP contribution in [0.1, 0.15) is 19.4 Å². The minimum Gasteiger partial charge on any atom is -0.506 e. The monoisotopic (exact) mass is 267 g/mol. The number of phenolic OH excluding ortho intramolecular Hbond substituents is 1. The maximum Gasteiger partial charge on any atom is 0.141 e. The summed E-state index contributed by atoms with van der Waals surface area (Å²) in [5.74, 6) is 0.740. The van der Waals surface area contributed by atoms with Gasteiger partial charge in [-0.1, -0.05) is 26.0 Å². The molecule has 18 heavy (non-hydrogen) atoms. The highest BCUT2D eigenvalue weighted by atomic mass is 35.5. The summed E-state index contributed by atoms with van der Waals surface area (Å²) in [6.45, 7) is 5.54. The minimum absolute atomic E-state index is 0. The summed E-state index contributed by atoms with van der Waals surface area (Å²) in [6, 6.07) is 7.38. The lowest BCUT2D eigenvalue weighted by Gasteiger charge is -2.09. The maximum atomic E-state index is 9.71. The van der Waals surface area contributed by atoms with Gasteiger partial charge in [0.05, 0.1) is 6.61 Å². The van der Waals surface area contributed by atoms with E-state index in [9.17, 15) is 5.11 Å². The van der Waals surface area contributed by atoms with Crippen molar-refractivity contribution in [1.82, 2.24) is 4.98 Å². The lowest BCUT2D eigenvalue weighted by Crippen LogP contribution is -2.02. The number of fused-ring (bicyclic) bond motifs is 1. The Morgan fingerprint density at radius 2 is 2.06 bits per heavy atom. The van der Waals surface area contributed by atoms with Gasteiger partial charge in [-0.2, -0.15) is 0 Å². The van der Waals surface area contributed by atoms with Crippen molar-refractivity contribution in [3.8, 4) is 5.75 Å². The molecule has 98 valence electrons. The molecule has 0 unspecified atom stereocenters. The van der Waals surface area contributed by atoms with E-state index in [2.05, 4.69) is 18.8 Å². The summed E-state index contributed by atoms with van der Waals surface area (Å²) in [5, 5.41) is 10.7. The fourth-order valence-corrected chi connectivity index (χ4v) is 1.75. The van der Waals surface area contributed by atoms with Crippen LogP contribution >= 0.6 is 12.4 Å². The van der Waals surface area contributed by atoms with Gasteiger partial charge >= 0.3 is 0 Å². The lowest BCUT2D eigenvalue weighted by atomic mass is 10.1. The van der Waals surface area contributed by atoms with Crippen LogP contribution in [0, 0.1) is 5.92 Å². The van der Waals surface area contributed by atoms with Crippen LogP contribution in [-0.2, 0) is 11.3 Å². The van der Waals surface area contributed by atoms with Gasteiger partial charge in [-0.25, -0.2) is 0 Å². The summed E-state index contributed by atoms with van der Waals surface area (Å²) >= 11 is 0. The molecule has 0 saturated carbocycles. The van der Waals surface area contributed by atoms with Crippen LogP contribution in [0.3, 0.4) is 0 Å². The lowest BCUT2D eigenvalue weighted by molar-refractivity contribution is 0.0978. The Bertz CT molecular complexity index is 514. The summed E-state index contributed by atoms with van der Waals surface area (Å²) in [4.78, 5) is 4.18. The van der Waals surface area contributed by atoms with Gasteiger partial charge in [-0.15, -0.1) is 12.4 Å². The van der Waals surface area contributed by atoms with E-state index in [-0.39, 0.29) is 18.2 Å². The topological polar surface area (TPSA) is 42.4 Å². The maximum absolute atomic E-state index is 9.71. The van der Waals surface area contributed by atoms with Crippen LogP contribution in [0.2, 0.25) is 0 Å². The van der Waals surface area contributed by atoms with Gasteiger partial charge < -0.3 is 9.84 Å². The number of halogens is 1. The Hall–Kier alpha value is -1.32. The summed E-state index contributed by atoms with van der Waals surface area (Å²) in [5.41, 5.74) is 1.70. The van der Waals surface area contributed by atoms with Gasteiger partial charge in [0.2, 0.25) is 0 Å². The van der Waals surface area contributed by atoms with E-state index in [1.807, 2.05) is 18.2 Å². The molecule has 1 aromatic heterocycles. The zero-order valence-corrected chi connectivity index (χ0v) is 11.4. The van der Waals surface area contributed by atoms with Crippen LogP contribution in [0.5, 0.6) is 5.75 Å². The molecule has 3 nitrogen and oxygen atoms in total. The van der Waals surface area contributed by atoms with E-state index in [1.165, 1.54) is 0 Å². The zero-order valence-electron chi connectivity index (χ0n) is 10.6. The van der Waals surface area contributed by atoms with Gasteiger partial charge in [0.1, 0.15) is 11.3 Å². The Balaban J connectivity index is 0.00000162. The molecule has 2 aromatic rings. The molecule has 1 aromatic carbocycles. The fourth-order valence-electron chi connectivity index (χ4n) is 1.75. The molecule has 0 atom stereocenters. The average Bonchev–Trinajstić information content (AvgIpc) is 2.32. The third-order valence-corrected chi connectivity index (χ3v) is 2.55. The molecular formula is C14H18ClNO2. The van der Waals surface area contributed by atoms with Crippen molar-refractivity contribution in [2.75, 3.05) is 6.61 Å². The number of benzene rings is 1. The quantitative estimate of drug-likeness (QED) is 0.921. The van der Waals surface area contributed by atoms with E-state index in [0.717, 1.165) is 17.6 Å². The Kier molecular flexibility index (Phi) is 5.38. The third-order valence-electron chi connectivity index (χ3n) is 2.55. The van der Waals surface area contributed by atoms with Crippen molar-refractivity contribution in [1.29, 1.82) is 0 Å². The first-order valence-electron chi connectivity index (χ1n) is 5.82. The van der Waals surface area contributed by atoms with Crippen LogP contribution in [0.25, 0.3) is 10.9 Å². The largest absolute Gasteiger partial charge is 0.506 e. The molecule has 0 amide bonds. The Morgan fingerprint density at radius 1 is 1.28 bits per heavy atom. The van der Waals surface area contributed by atoms with E-state index in [0.29, 0.717) is 18.0 Å². The predicted molar refractivity (Wildman–Crippen MR) is 75.1 cm³/mol. The van der Waals surface area contributed by atoms with Crippen molar-refractivity contribution in [3.63, 3.8) is 0 Å². The van der Waals surface area contributed by atoms with Gasteiger partial charge in [-0.05, 0) is 23.6 Å². The highest BCUT2D eigenvalue weighted by Gasteiger charge is 2.06. The molecule has 0 fully saturated rings. The van der Waals surface area contributed by atoms with Crippen LogP contribution in [0.4, 0.5) is 0 Å². The second-order valence-electron chi connectivity index (χ2n) is 4.55. The number of pyridine rings is 1. The van der Waals surface area contributed by atoms with Crippen molar-refractivity contribution in [3.05, 3.63) is 36.0 Å². The van der Waals surface area contributed by atoms with Gasteiger partial charge in [0, 0.05) is 18.2 Å². The van der Waals surface area contributed by atoms with E-state index in [1.54, 1.807) is 12.3 Å². The molecule has 0 radical (unpaired) electrons. The number of hydrogen-bond donors (Lipinski definition) is 1. The Labute approximate surface area is 113 Å². The summed E-state index contributed by atoms with van der Waals surface area (Å²) < 4.78 is 5.62. The number of phenols is 1. The highest BCUT2D eigenvalue weighted by Crippen LogP contribution is 2.25. The molecule has 4 heteroatoms. The van der Waals surface area contributed by atoms with Crippen molar-refractivity contribution in [2.45, 2.75) is 20.5 Å². The number of ether oxygens (including phenoxy) is 1. The minimum atomic E-state index is 0. The van der Waals surface area contributed by atoms with Gasteiger partial charge in [0.15, 0.2) is 0 Å². The van der Waals surface area contributed by atoms with Crippen molar-refractivity contribution >= 4 is 23.3 Å². The summed E-state index contributed by atoms with van der Waals surface area (Å²) in [6.07, 6.45) is 1.68. The molecule has 0 bridgehead atoms. The van der Waals surface area contributed by atoms with E-state index >= 15 is 0 Å². The molecule has 0 aliphatic heterocycles. The molecular weight excluding hydrogens is 250 g/mol. The molecule has 1 N–H and O–H groups in total. The van der Waals surface area contributed by atoms with Crippen LogP contribution in [0.15, 0.2) is 30.5 Å². The summed E-state index contributed by atoms with van der Waals surface area (Å²) in [7, 11) is 0. The van der Waals surface area contributed by atoms with Gasteiger partial charge in [-0.3, -0.25) is 4.98 Å². The Morgan fingerprint density at radius 3 is 2.78 bits per heavy atom. The molecule has 0 saturated heterocycles. The van der Waals surface area contributed by atoms with E-state index in [4.69, 9.17) is 4.74 Å². The number of nitrogens with zero attached hydrogens (tertiary/aromatic N) is 1. The SMILES string of the molecule is CC(C)COCc1ccc(O)c2ncccc12.Cl. The molecule has 0 spiro atoms. The molecule has 2 rings (SSSR count). The van der Waals surface area contributed by atoms with Crippen LogP contribution in [-0.4, -0.2) is 16.7 Å². The smallest absolute Gasteiger partial charge is 0.141 e. The second kappa shape index (κ2) is 6.57. The first kappa shape index (κ1) is 14.7. The molecule has 0 aliphatic rings. The number of aromatic hydroxyl groups is 1. The first-order valence-corrected chi connectivity index (χ1v) is 5.82. The number of hydrogen-bond acceptors (Lipinski definition) is 3. The van der Waals surface area contributed by atoms with Gasteiger partial charge in [0.25, 0.3) is 0 Å². The second-order valence-corrected chi connectivity index (χ2v) is 4.55. The van der Waals surface area contributed by atoms with Crippen molar-refractivity contribution in [2.24, 2.45) is 5.92 Å². The van der Waals surface area contributed by atoms with Crippen molar-refractivity contribution < 1.29 is 9.84 Å². The number of aromatic nitrogens is 1. The molecule has 0 aliphatic carbocycles. The first-order chi connectivity index (χ1) is 8.18. The fraction of sp³-hybridized carbons (Fsp3) is 0.357. The number of rotatable bonds is 4.